The Labute approximate surface area is 310 Å². The van der Waals surface area contributed by atoms with E-state index in [1.165, 1.54) is 26.5 Å². The Morgan fingerprint density at radius 2 is 0.780 bits per heavy atom. The SMILES string of the molecule is C[N+](C)(C)CCC(=O)NC(CC(=O)OCCC(F)(F)C(F)(F)C(F)(F)C(F)(F)C(F)(F)C(F)(F)F)C(=O)OCCC(F)(F)C(F)(F)C(F)(F)C(F)(F)C(F)(F)C(F)(F)F. The summed E-state index contributed by atoms with van der Waals surface area (Å²) in [5.74, 6) is -84.7. The Kier molecular flexibility index (Phi) is 15.8. The van der Waals surface area contributed by atoms with E-state index in [4.69, 9.17) is 0 Å². The summed E-state index contributed by atoms with van der Waals surface area (Å²) in [5, 5.41) is 1.48. The van der Waals surface area contributed by atoms with Gasteiger partial charge >= 0.3 is 83.5 Å². The van der Waals surface area contributed by atoms with Crippen LogP contribution >= 0.6 is 0 Å². The highest BCUT2D eigenvalue weighted by Gasteiger charge is 2.92. The predicted octanol–water partition coefficient (Wildman–Crippen LogP) is 8.30. The molecule has 1 unspecified atom stereocenters. The second-order valence-electron chi connectivity index (χ2n) is 13.0. The molecule has 0 saturated heterocycles. The molecular formula is C26H25F26N2O5+. The van der Waals surface area contributed by atoms with Gasteiger partial charge in [0.05, 0.1) is 66.6 Å². The molecule has 1 N–H and O–H groups in total. The number of halogens is 26. The van der Waals surface area contributed by atoms with Gasteiger partial charge in [0.25, 0.3) is 0 Å². The topological polar surface area (TPSA) is 81.7 Å². The maximum atomic E-state index is 14.0. The van der Waals surface area contributed by atoms with Crippen LogP contribution in [0.4, 0.5) is 114 Å². The molecule has 350 valence electrons. The van der Waals surface area contributed by atoms with Crippen molar-refractivity contribution in [3.63, 3.8) is 0 Å². The van der Waals surface area contributed by atoms with Gasteiger partial charge in [-0.3, -0.25) is 9.59 Å². The maximum absolute atomic E-state index is 14.0. The van der Waals surface area contributed by atoms with Crippen LogP contribution in [0.3, 0.4) is 0 Å². The summed E-state index contributed by atoms with van der Waals surface area (Å²) < 4.78 is 353. The van der Waals surface area contributed by atoms with Crippen molar-refractivity contribution in [2.75, 3.05) is 40.9 Å². The van der Waals surface area contributed by atoms with Gasteiger partial charge < -0.3 is 19.3 Å². The molecular weight excluding hydrogens is 914 g/mol. The minimum atomic E-state index is -8.31. The van der Waals surface area contributed by atoms with E-state index in [0.29, 0.717) is 0 Å². The Balaban J connectivity index is 6.22. The molecule has 0 saturated carbocycles. The molecule has 1 amide bonds. The molecule has 0 fully saturated rings. The van der Waals surface area contributed by atoms with Crippen LogP contribution in [0.2, 0.25) is 0 Å². The fourth-order valence-electron chi connectivity index (χ4n) is 3.71. The number of hydrogen-bond acceptors (Lipinski definition) is 5. The average molecular weight is 939 g/mol. The quantitative estimate of drug-likeness (QED) is 0.0713. The number of carbonyl (C=O) groups is 3. The van der Waals surface area contributed by atoms with E-state index in [2.05, 4.69) is 9.47 Å². The van der Waals surface area contributed by atoms with Crippen molar-refractivity contribution in [1.82, 2.24) is 5.32 Å². The van der Waals surface area contributed by atoms with Gasteiger partial charge in [0.2, 0.25) is 5.91 Å². The standard InChI is InChI=1S/C26H24F26N2O5/c1-54(2,3)7-4-12(55)53-11(14(57)59-9-6-16(29,30)18(33,34)20(37,38)22(41,42)24(45,46)26(50,51)52)10-13(56)58-8-5-15(27,28)17(31,32)19(35,36)21(39,40)23(43,44)25(47,48)49/h11H,4-10H2,1-3H3/p+1. The molecule has 33 heteroatoms. The molecule has 0 aliphatic carbocycles. The molecule has 0 rings (SSSR count). The van der Waals surface area contributed by atoms with Crippen LogP contribution in [-0.4, -0.2) is 141 Å². The lowest BCUT2D eigenvalue weighted by molar-refractivity contribution is -0.869. The van der Waals surface area contributed by atoms with E-state index in [1.54, 1.807) is 0 Å². The van der Waals surface area contributed by atoms with Crippen molar-refractivity contribution in [1.29, 1.82) is 0 Å². The number of ether oxygens (including phenoxy) is 2. The molecule has 0 bridgehead atoms. The third-order valence-corrected chi connectivity index (χ3v) is 7.34. The van der Waals surface area contributed by atoms with Crippen molar-refractivity contribution in [2.45, 2.75) is 103 Å². The van der Waals surface area contributed by atoms with E-state index in [-0.39, 0.29) is 11.0 Å². The second-order valence-corrected chi connectivity index (χ2v) is 13.0. The van der Waals surface area contributed by atoms with Crippen molar-refractivity contribution >= 4 is 17.8 Å². The Bertz CT molecular complexity index is 1480. The van der Waals surface area contributed by atoms with Gasteiger partial charge in [-0.2, -0.15) is 114 Å². The number of nitrogens with one attached hydrogen (secondary N) is 1. The van der Waals surface area contributed by atoms with Gasteiger partial charge in [-0.1, -0.05) is 0 Å². The van der Waals surface area contributed by atoms with Gasteiger partial charge in [-0.25, -0.2) is 4.79 Å². The van der Waals surface area contributed by atoms with Crippen LogP contribution in [0.1, 0.15) is 25.7 Å². The van der Waals surface area contributed by atoms with Crippen LogP contribution in [0.25, 0.3) is 0 Å². The van der Waals surface area contributed by atoms with Crippen LogP contribution in [0.5, 0.6) is 0 Å². The zero-order valence-electron chi connectivity index (χ0n) is 28.8. The minimum absolute atomic E-state index is 0.107. The normalized spacial score (nSPS) is 15.8. The predicted molar refractivity (Wildman–Crippen MR) is 137 cm³/mol. The first-order valence-electron chi connectivity index (χ1n) is 14.8. The summed E-state index contributed by atoms with van der Waals surface area (Å²) in [6.07, 6.45) is -24.5. The lowest BCUT2D eigenvalue weighted by Crippen LogP contribution is -2.70. The summed E-state index contributed by atoms with van der Waals surface area (Å²) in [6, 6.07) is -2.80. The second kappa shape index (κ2) is 16.8. The lowest BCUT2D eigenvalue weighted by atomic mass is 9.93. The van der Waals surface area contributed by atoms with Crippen molar-refractivity contribution in [3.05, 3.63) is 0 Å². The van der Waals surface area contributed by atoms with Crippen molar-refractivity contribution in [3.8, 4) is 0 Å². The molecule has 0 aromatic heterocycles. The number of amides is 1. The van der Waals surface area contributed by atoms with Gasteiger partial charge in [-0.05, 0) is 0 Å². The van der Waals surface area contributed by atoms with Gasteiger partial charge in [-0.15, -0.1) is 0 Å². The van der Waals surface area contributed by atoms with E-state index in [0.717, 1.165) is 0 Å². The summed E-state index contributed by atoms with van der Waals surface area (Å²) in [7, 11) is 4.19. The summed E-state index contributed by atoms with van der Waals surface area (Å²) in [4.78, 5) is 36.7. The Morgan fingerprint density at radius 3 is 1.08 bits per heavy atom. The molecule has 0 aromatic carbocycles. The van der Waals surface area contributed by atoms with E-state index < -0.39 is 134 Å². The van der Waals surface area contributed by atoms with Crippen LogP contribution in [0, 0.1) is 0 Å². The number of nitrogens with zero attached hydrogens (tertiary/aromatic N) is 1. The lowest BCUT2D eigenvalue weighted by Gasteiger charge is -2.39. The van der Waals surface area contributed by atoms with Crippen molar-refractivity contribution < 1.29 is 142 Å². The first kappa shape index (κ1) is 55.6. The largest absolute Gasteiger partial charge is 0.465 e. The van der Waals surface area contributed by atoms with E-state index >= 15 is 0 Å². The zero-order valence-corrected chi connectivity index (χ0v) is 28.8. The van der Waals surface area contributed by atoms with Crippen LogP contribution < -0.4 is 5.32 Å². The monoisotopic (exact) mass is 939 g/mol. The Hall–Kier alpha value is -3.45. The number of esters is 2. The third-order valence-electron chi connectivity index (χ3n) is 7.34. The fraction of sp³-hybridized carbons (Fsp3) is 0.885. The molecule has 0 heterocycles. The molecule has 1 atom stereocenters. The first-order chi connectivity index (χ1) is 25.5. The summed E-state index contributed by atoms with van der Waals surface area (Å²) in [6.45, 7) is -5.15. The number of alkyl halides is 26. The van der Waals surface area contributed by atoms with Gasteiger partial charge in [0.1, 0.15) is 6.04 Å². The van der Waals surface area contributed by atoms with Crippen LogP contribution in [-0.2, 0) is 23.9 Å². The number of rotatable bonds is 21. The van der Waals surface area contributed by atoms with E-state index in [9.17, 15) is 129 Å². The van der Waals surface area contributed by atoms with Crippen LogP contribution in [0.15, 0.2) is 0 Å². The highest BCUT2D eigenvalue weighted by molar-refractivity contribution is 5.88. The maximum Gasteiger partial charge on any atom is 0.460 e. The average Bonchev–Trinajstić information content (AvgIpc) is 3.01. The summed E-state index contributed by atoms with van der Waals surface area (Å²) in [5.41, 5.74) is 0. The molecule has 7 nitrogen and oxygen atoms in total. The fourth-order valence-corrected chi connectivity index (χ4v) is 3.71. The van der Waals surface area contributed by atoms with Gasteiger partial charge in [0.15, 0.2) is 0 Å². The summed E-state index contributed by atoms with van der Waals surface area (Å²) >= 11 is 0. The molecule has 0 radical (unpaired) electrons. The highest BCUT2D eigenvalue weighted by Crippen LogP contribution is 2.62. The molecule has 59 heavy (non-hydrogen) atoms. The third kappa shape index (κ3) is 10.7. The minimum Gasteiger partial charge on any atom is -0.465 e. The number of hydrogen-bond donors (Lipinski definition) is 1. The molecule has 0 aromatic rings. The highest BCUT2D eigenvalue weighted by atomic mass is 19.4. The Morgan fingerprint density at radius 1 is 0.475 bits per heavy atom. The first-order valence-corrected chi connectivity index (χ1v) is 14.8. The molecule has 0 aliphatic rings. The molecule has 0 spiro atoms. The van der Waals surface area contributed by atoms with Crippen molar-refractivity contribution in [2.24, 2.45) is 0 Å². The smallest absolute Gasteiger partial charge is 0.460 e. The number of quaternary nitrogens is 1. The molecule has 0 aliphatic heterocycles. The number of carbonyl (C=O) groups excluding carboxylic acids is 3. The zero-order chi connectivity index (χ0) is 47.9. The van der Waals surface area contributed by atoms with E-state index in [1.807, 2.05) is 0 Å². The van der Waals surface area contributed by atoms with Gasteiger partial charge in [0, 0.05) is 0 Å².